The summed E-state index contributed by atoms with van der Waals surface area (Å²) in [7, 11) is -2.01. The first kappa shape index (κ1) is 23.4. The molecule has 0 radical (unpaired) electrons. The first-order valence-electron chi connectivity index (χ1n) is 11.8. The average molecular weight is 459 g/mol. The lowest BCUT2D eigenvalue weighted by Gasteiger charge is -2.38. The Hall–Kier alpha value is -2.73. The number of nitrogens with one attached hydrogen (secondary N) is 1. The highest BCUT2D eigenvalue weighted by Gasteiger charge is 2.40. The van der Waals surface area contributed by atoms with Crippen molar-refractivity contribution in [3.05, 3.63) is 88.2 Å². The van der Waals surface area contributed by atoms with Gasteiger partial charge in [0.1, 0.15) is 14.1 Å². The second-order valence-electron chi connectivity index (χ2n) is 10.3. The molecule has 2 aromatic carbocycles. The highest BCUT2D eigenvalue weighted by molar-refractivity contribution is 6.97. The number of fused-ring (bicyclic) bond motifs is 2. The number of rotatable bonds is 5. The molecule has 2 aromatic rings. The molecule has 0 aromatic heterocycles. The first-order chi connectivity index (χ1) is 15.6. The maximum atomic E-state index is 12.7. The molecule has 1 heterocycles. The minimum absolute atomic E-state index is 0.119. The SMILES string of the molecule is Cc1ccccc1C1=C2C=CC([NH3+])C=C2[Si](C)(C)c2cc(NC(=O)[C@H](N)CC(C)C)ccc21. The van der Waals surface area contributed by atoms with E-state index in [4.69, 9.17) is 5.73 Å². The molecule has 2 atom stereocenters. The van der Waals surface area contributed by atoms with Crippen LogP contribution in [0, 0.1) is 12.8 Å². The molecule has 2 aliphatic rings. The fraction of sp³-hybridized carbons (Fsp3) is 0.321. The van der Waals surface area contributed by atoms with Crippen LogP contribution in [-0.4, -0.2) is 26.1 Å². The van der Waals surface area contributed by atoms with Crippen molar-refractivity contribution in [2.75, 3.05) is 5.32 Å². The number of hydrogen-bond acceptors (Lipinski definition) is 2. The van der Waals surface area contributed by atoms with E-state index < -0.39 is 14.1 Å². The van der Waals surface area contributed by atoms with Gasteiger partial charge in [-0.05, 0) is 81.8 Å². The number of allylic oxidation sites excluding steroid dienone is 3. The maximum absolute atomic E-state index is 12.7. The van der Waals surface area contributed by atoms with Gasteiger partial charge in [0.2, 0.25) is 5.91 Å². The molecule has 5 heteroatoms. The smallest absolute Gasteiger partial charge is 0.241 e. The largest absolute Gasteiger partial charge is 0.349 e. The lowest BCUT2D eigenvalue weighted by molar-refractivity contribution is -0.387. The van der Waals surface area contributed by atoms with E-state index in [0.29, 0.717) is 12.3 Å². The van der Waals surface area contributed by atoms with E-state index in [1.807, 2.05) is 6.07 Å². The molecule has 0 fully saturated rings. The summed E-state index contributed by atoms with van der Waals surface area (Å²) in [6.07, 6.45) is 7.47. The van der Waals surface area contributed by atoms with Crippen LogP contribution in [0.1, 0.15) is 37.0 Å². The molecule has 1 amide bonds. The van der Waals surface area contributed by atoms with Crippen molar-refractivity contribution in [2.45, 2.75) is 52.4 Å². The van der Waals surface area contributed by atoms with Gasteiger partial charge in [-0.2, -0.15) is 0 Å². The number of carbonyl (C=O) groups is 1. The minimum Gasteiger partial charge on any atom is -0.349 e. The summed E-state index contributed by atoms with van der Waals surface area (Å²) >= 11 is 0. The Balaban J connectivity index is 1.85. The van der Waals surface area contributed by atoms with Crippen LogP contribution in [0.2, 0.25) is 13.1 Å². The van der Waals surface area contributed by atoms with Gasteiger partial charge in [-0.3, -0.25) is 4.79 Å². The van der Waals surface area contributed by atoms with Crippen LogP contribution in [0.4, 0.5) is 5.69 Å². The molecular weight excluding hydrogens is 422 g/mol. The van der Waals surface area contributed by atoms with E-state index >= 15 is 0 Å². The predicted molar refractivity (Wildman–Crippen MR) is 141 cm³/mol. The fourth-order valence-corrected chi connectivity index (χ4v) is 8.27. The van der Waals surface area contributed by atoms with Crippen LogP contribution in [0.15, 0.2) is 71.5 Å². The fourth-order valence-electron chi connectivity index (χ4n) is 5.07. The third-order valence-electron chi connectivity index (χ3n) is 6.83. The zero-order chi connectivity index (χ0) is 23.9. The Bertz CT molecular complexity index is 1190. The molecule has 33 heavy (non-hydrogen) atoms. The minimum atomic E-state index is -2.01. The van der Waals surface area contributed by atoms with Crippen LogP contribution in [0.3, 0.4) is 0 Å². The monoisotopic (exact) mass is 458 g/mol. The molecule has 0 bridgehead atoms. The highest BCUT2D eigenvalue weighted by atomic mass is 28.3. The summed E-state index contributed by atoms with van der Waals surface area (Å²) in [5.41, 5.74) is 17.6. The van der Waals surface area contributed by atoms with Crippen molar-refractivity contribution < 1.29 is 10.5 Å². The molecule has 0 saturated carbocycles. The van der Waals surface area contributed by atoms with Crippen molar-refractivity contribution in [1.82, 2.24) is 0 Å². The molecule has 1 unspecified atom stereocenters. The number of quaternary nitrogens is 1. The van der Waals surface area contributed by atoms with Crippen LogP contribution in [0.25, 0.3) is 5.57 Å². The van der Waals surface area contributed by atoms with E-state index in [-0.39, 0.29) is 11.9 Å². The molecule has 0 saturated heterocycles. The molecule has 172 valence electrons. The van der Waals surface area contributed by atoms with Gasteiger partial charge in [0, 0.05) is 5.69 Å². The maximum Gasteiger partial charge on any atom is 0.241 e. The normalized spacial score (nSPS) is 19.6. The molecule has 4 nitrogen and oxygen atoms in total. The van der Waals surface area contributed by atoms with Crippen LogP contribution < -0.4 is 22.0 Å². The third kappa shape index (κ3) is 4.41. The molecule has 0 spiro atoms. The summed E-state index contributed by atoms with van der Waals surface area (Å²) in [5, 5.41) is 5.85. The Morgan fingerprint density at radius 1 is 1.15 bits per heavy atom. The topological polar surface area (TPSA) is 82.8 Å². The Morgan fingerprint density at radius 2 is 1.88 bits per heavy atom. The summed E-state index contributed by atoms with van der Waals surface area (Å²) < 4.78 is 0. The zero-order valence-electron chi connectivity index (χ0n) is 20.4. The lowest BCUT2D eigenvalue weighted by Crippen LogP contribution is -2.60. The van der Waals surface area contributed by atoms with Crippen molar-refractivity contribution >= 4 is 30.4 Å². The van der Waals surface area contributed by atoms with Gasteiger partial charge in [-0.15, -0.1) is 0 Å². The summed E-state index contributed by atoms with van der Waals surface area (Å²) in [5.74, 6) is 0.259. The number of benzene rings is 2. The van der Waals surface area contributed by atoms with Gasteiger partial charge in [0.05, 0.1) is 6.04 Å². The van der Waals surface area contributed by atoms with Crippen LogP contribution in [0.5, 0.6) is 0 Å². The quantitative estimate of drug-likeness (QED) is 0.597. The van der Waals surface area contributed by atoms with E-state index in [0.717, 1.165) is 5.69 Å². The summed E-state index contributed by atoms with van der Waals surface area (Å²) in [6.45, 7) is 11.1. The summed E-state index contributed by atoms with van der Waals surface area (Å²) in [4.78, 5) is 12.7. The second kappa shape index (κ2) is 8.90. The van der Waals surface area contributed by atoms with Crippen LogP contribution >= 0.6 is 0 Å². The van der Waals surface area contributed by atoms with Gasteiger partial charge in [-0.25, -0.2) is 0 Å². The molecule has 1 aliphatic carbocycles. The predicted octanol–water partition coefficient (Wildman–Crippen LogP) is 3.68. The summed E-state index contributed by atoms with van der Waals surface area (Å²) in [6, 6.07) is 14.6. The lowest BCUT2D eigenvalue weighted by atomic mass is 9.87. The second-order valence-corrected chi connectivity index (χ2v) is 14.6. The first-order valence-corrected chi connectivity index (χ1v) is 14.8. The number of nitrogens with two attached hydrogens (primary N) is 1. The van der Waals surface area contributed by atoms with Crippen molar-refractivity contribution in [1.29, 1.82) is 0 Å². The number of carbonyl (C=O) groups excluding carboxylic acids is 1. The van der Waals surface area contributed by atoms with Crippen molar-refractivity contribution in [3.63, 3.8) is 0 Å². The van der Waals surface area contributed by atoms with E-state index in [9.17, 15) is 4.79 Å². The van der Waals surface area contributed by atoms with Crippen LogP contribution in [-0.2, 0) is 4.79 Å². The standard InChI is InChI=1S/C28H35N3OSi/c1-17(2)14-24(30)28(32)31-20-11-13-23-26(16-20)33(4,5)25-15-19(29)10-12-22(25)27(23)21-9-7-6-8-18(21)3/h6-13,15-17,19,24H,14,29-30H2,1-5H3,(H,31,32)/p+1/t19?,24-/m1/s1. The highest BCUT2D eigenvalue weighted by Crippen LogP contribution is 2.42. The van der Waals surface area contributed by atoms with Gasteiger partial charge in [0.25, 0.3) is 0 Å². The van der Waals surface area contributed by atoms with Gasteiger partial charge < -0.3 is 16.8 Å². The Labute approximate surface area is 198 Å². The third-order valence-corrected chi connectivity index (χ3v) is 10.4. The van der Waals surface area contributed by atoms with Crippen molar-refractivity contribution in [3.8, 4) is 0 Å². The molecule has 1 aliphatic heterocycles. The average Bonchev–Trinajstić information content (AvgIpc) is 2.75. The van der Waals surface area contributed by atoms with Gasteiger partial charge in [-0.1, -0.05) is 63.3 Å². The number of hydrogen-bond donors (Lipinski definition) is 3. The Morgan fingerprint density at radius 3 is 2.58 bits per heavy atom. The van der Waals surface area contributed by atoms with E-state index in [1.54, 1.807) is 0 Å². The molecular formula is C28H36N3OSi+. The van der Waals surface area contributed by atoms with Gasteiger partial charge in [0.15, 0.2) is 0 Å². The Kier molecular flexibility index (Phi) is 6.32. The van der Waals surface area contributed by atoms with Gasteiger partial charge >= 0.3 is 0 Å². The van der Waals surface area contributed by atoms with Crippen molar-refractivity contribution in [2.24, 2.45) is 11.7 Å². The zero-order valence-corrected chi connectivity index (χ0v) is 21.4. The number of amides is 1. The molecule has 6 N–H and O–H groups in total. The van der Waals surface area contributed by atoms with E-state index in [2.05, 4.69) is 99.5 Å². The van der Waals surface area contributed by atoms with E-state index in [1.165, 1.54) is 38.2 Å². The molecule has 4 rings (SSSR count). The number of anilines is 1. The number of aryl methyl sites for hydroxylation is 1.